The summed E-state index contributed by atoms with van der Waals surface area (Å²) in [7, 11) is -1.29. The van der Waals surface area contributed by atoms with Crippen LogP contribution in [-0.2, 0) is 16.4 Å². The summed E-state index contributed by atoms with van der Waals surface area (Å²) < 4.78 is 28.7. The van der Waals surface area contributed by atoms with Gasteiger partial charge in [-0.25, -0.2) is 8.42 Å². The molecule has 21 heavy (non-hydrogen) atoms. The van der Waals surface area contributed by atoms with E-state index in [2.05, 4.69) is 5.32 Å². The number of nitrogens with one attached hydrogen (secondary N) is 1. The van der Waals surface area contributed by atoms with Gasteiger partial charge in [-0.2, -0.15) is 0 Å². The smallest absolute Gasteiger partial charge is 0.175 e. The molecule has 5 heteroatoms. The zero-order chi connectivity index (χ0) is 15.5. The Bertz CT molecular complexity index is 722. The number of benzene rings is 2. The van der Waals surface area contributed by atoms with Crippen LogP contribution in [0.25, 0.3) is 0 Å². The minimum atomic E-state index is -3.18. The molecule has 0 heterocycles. The topological polar surface area (TPSA) is 55.4 Å². The van der Waals surface area contributed by atoms with Gasteiger partial charge in [0.15, 0.2) is 9.84 Å². The fraction of sp³-hybridized carbons (Fsp3) is 0.250. The van der Waals surface area contributed by atoms with Crippen LogP contribution in [0.5, 0.6) is 11.5 Å². The summed E-state index contributed by atoms with van der Waals surface area (Å²) >= 11 is 0. The molecule has 0 aliphatic rings. The van der Waals surface area contributed by atoms with E-state index >= 15 is 0 Å². The van der Waals surface area contributed by atoms with Crippen molar-refractivity contribution in [3.8, 4) is 11.5 Å². The fourth-order valence-corrected chi connectivity index (χ4v) is 2.58. The molecule has 0 saturated heterocycles. The van der Waals surface area contributed by atoms with E-state index in [1.54, 1.807) is 24.3 Å². The number of hydrogen-bond acceptors (Lipinski definition) is 4. The summed E-state index contributed by atoms with van der Waals surface area (Å²) in [5, 5.41) is 3.10. The van der Waals surface area contributed by atoms with Gasteiger partial charge in [0.1, 0.15) is 11.5 Å². The molecule has 0 bridgehead atoms. The quantitative estimate of drug-likeness (QED) is 0.923. The van der Waals surface area contributed by atoms with Crippen molar-refractivity contribution in [1.29, 1.82) is 0 Å². The first-order valence-corrected chi connectivity index (χ1v) is 8.51. The van der Waals surface area contributed by atoms with Crippen molar-refractivity contribution >= 4 is 9.84 Å². The Labute approximate surface area is 125 Å². The minimum Gasteiger partial charge on any atom is -0.457 e. The first-order valence-electron chi connectivity index (χ1n) is 6.62. The third kappa shape index (κ3) is 4.06. The van der Waals surface area contributed by atoms with Gasteiger partial charge in [-0.3, -0.25) is 0 Å². The zero-order valence-corrected chi connectivity index (χ0v) is 13.2. The number of ether oxygens (including phenoxy) is 1. The Balaban J connectivity index is 2.23. The van der Waals surface area contributed by atoms with Gasteiger partial charge < -0.3 is 10.1 Å². The molecule has 0 saturated carbocycles. The van der Waals surface area contributed by atoms with E-state index in [1.165, 1.54) is 6.26 Å². The molecule has 0 unspecified atom stereocenters. The summed E-state index contributed by atoms with van der Waals surface area (Å²) in [5.74, 6) is 1.39. The molecule has 4 nitrogen and oxygen atoms in total. The molecular formula is C16H19NO3S. The molecule has 112 valence electrons. The SMILES string of the molecule is CNCc1ccc(C)c(Oc2ccc(S(C)(=O)=O)cc2)c1. The second-order valence-corrected chi connectivity index (χ2v) is 6.99. The lowest BCUT2D eigenvalue weighted by Crippen LogP contribution is -2.05. The van der Waals surface area contributed by atoms with Gasteiger partial charge in [0.05, 0.1) is 4.90 Å². The number of sulfone groups is 1. The monoisotopic (exact) mass is 305 g/mol. The van der Waals surface area contributed by atoms with E-state index in [0.717, 1.165) is 23.4 Å². The maximum atomic E-state index is 11.4. The van der Waals surface area contributed by atoms with Crippen LogP contribution in [0, 0.1) is 6.92 Å². The van der Waals surface area contributed by atoms with Crippen molar-refractivity contribution in [1.82, 2.24) is 5.32 Å². The molecule has 1 N–H and O–H groups in total. The third-order valence-corrected chi connectivity index (χ3v) is 4.24. The Kier molecular flexibility index (Phi) is 4.65. The van der Waals surface area contributed by atoms with Gasteiger partial charge >= 0.3 is 0 Å². The number of rotatable bonds is 5. The molecule has 0 aliphatic carbocycles. The highest BCUT2D eigenvalue weighted by Crippen LogP contribution is 2.27. The maximum Gasteiger partial charge on any atom is 0.175 e. The third-order valence-electron chi connectivity index (χ3n) is 3.11. The fourth-order valence-electron chi connectivity index (χ4n) is 1.95. The van der Waals surface area contributed by atoms with E-state index in [1.807, 2.05) is 32.2 Å². The summed E-state index contributed by atoms with van der Waals surface area (Å²) in [4.78, 5) is 0.288. The van der Waals surface area contributed by atoms with Gasteiger partial charge in [0, 0.05) is 12.8 Å². The first kappa shape index (κ1) is 15.5. The highest BCUT2D eigenvalue weighted by molar-refractivity contribution is 7.90. The molecule has 0 aliphatic heterocycles. The average molecular weight is 305 g/mol. The van der Waals surface area contributed by atoms with Crippen LogP contribution >= 0.6 is 0 Å². The molecule has 2 aromatic rings. The van der Waals surface area contributed by atoms with Crippen molar-refractivity contribution in [2.24, 2.45) is 0 Å². The Hall–Kier alpha value is -1.85. The van der Waals surface area contributed by atoms with E-state index in [0.29, 0.717) is 5.75 Å². The Morgan fingerprint density at radius 3 is 2.33 bits per heavy atom. The molecule has 0 fully saturated rings. The lowest BCUT2D eigenvalue weighted by molar-refractivity contribution is 0.477. The Morgan fingerprint density at radius 1 is 1.10 bits per heavy atom. The van der Waals surface area contributed by atoms with Crippen molar-refractivity contribution in [2.45, 2.75) is 18.4 Å². The van der Waals surface area contributed by atoms with Gasteiger partial charge in [-0.15, -0.1) is 0 Å². The van der Waals surface area contributed by atoms with Crippen molar-refractivity contribution in [3.05, 3.63) is 53.6 Å². The predicted octanol–water partition coefficient (Wildman–Crippen LogP) is 2.91. The standard InChI is InChI=1S/C16H19NO3S/c1-12-4-5-13(11-17-2)10-16(12)20-14-6-8-15(9-7-14)21(3,18)19/h4-10,17H,11H2,1-3H3. The van der Waals surface area contributed by atoms with E-state index in [4.69, 9.17) is 4.74 Å². The van der Waals surface area contributed by atoms with Crippen LogP contribution in [0.3, 0.4) is 0 Å². The van der Waals surface area contributed by atoms with Crippen molar-refractivity contribution in [3.63, 3.8) is 0 Å². The molecule has 0 spiro atoms. The second kappa shape index (κ2) is 6.28. The lowest BCUT2D eigenvalue weighted by Gasteiger charge is -2.11. The van der Waals surface area contributed by atoms with Crippen molar-refractivity contribution in [2.75, 3.05) is 13.3 Å². The highest BCUT2D eigenvalue weighted by atomic mass is 32.2. The van der Waals surface area contributed by atoms with Gasteiger partial charge in [0.2, 0.25) is 0 Å². The summed E-state index contributed by atoms with van der Waals surface area (Å²) in [6, 6.07) is 12.5. The summed E-state index contributed by atoms with van der Waals surface area (Å²) in [6.07, 6.45) is 1.19. The van der Waals surface area contributed by atoms with Gasteiger partial charge in [-0.1, -0.05) is 12.1 Å². The molecule has 2 aromatic carbocycles. The van der Waals surface area contributed by atoms with Crippen LogP contribution in [0.15, 0.2) is 47.4 Å². The molecule has 2 rings (SSSR count). The average Bonchev–Trinajstić information content (AvgIpc) is 2.42. The summed E-state index contributed by atoms with van der Waals surface area (Å²) in [6.45, 7) is 2.74. The Morgan fingerprint density at radius 2 is 1.76 bits per heavy atom. The number of aryl methyl sites for hydroxylation is 1. The molecule has 0 atom stereocenters. The predicted molar refractivity (Wildman–Crippen MR) is 83.6 cm³/mol. The number of hydrogen-bond donors (Lipinski definition) is 1. The highest BCUT2D eigenvalue weighted by Gasteiger charge is 2.08. The van der Waals surface area contributed by atoms with Gasteiger partial charge in [-0.05, 0) is 55.4 Å². The van der Waals surface area contributed by atoms with Crippen LogP contribution < -0.4 is 10.1 Å². The van der Waals surface area contributed by atoms with E-state index in [9.17, 15) is 8.42 Å². The van der Waals surface area contributed by atoms with Crippen LogP contribution in [0.1, 0.15) is 11.1 Å². The largest absolute Gasteiger partial charge is 0.457 e. The van der Waals surface area contributed by atoms with Crippen LogP contribution in [-0.4, -0.2) is 21.7 Å². The van der Waals surface area contributed by atoms with Crippen LogP contribution in [0.2, 0.25) is 0 Å². The molecule has 0 amide bonds. The first-order chi connectivity index (χ1) is 9.90. The summed E-state index contributed by atoms with van der Waals surface area (Å²) in [5.41, 5.74) is 2.16. The van der Waals surface area contributed by atoms with Crippen molar-refractivity contribution < 1.29 is 13.2 Å². The second-order valence-electron chi connectivity index (χ2n) is 4.98. The minimum absolute atomic E-state index is 0.288. The van der Waals surface area contributed by atoms with E-state index in [-0.39, 0.29) is 4.90 Å². The molecular weight excluding hydrogens is 286 g/mol. The zero-order valence-electron chi connectivity index (χ0n) is 12.4. The molecule has 0 aromatic heterocycles. The lowest BCUT2D eigenvalue weighted by atomic mass is 10.1. The van der Waals surface area contributed by atoms with Gasteiger partial charge in [0.25, 0.3) is 0 Å². The maximum absolute atomic E-state index is 11.4. The normalized spacial score (nSPS) is 11.4. The van der Waals surface area contributed by atoms with E-state index < -0.39 is 9.84 Å². The van der Waals surface area contributed by atoms with Crippen LogP contribution in [0.4, 0.5) is 0 Å². The molecule has 0 radical (unpaired) electrons.